The number of aryl methyl sites for hydroxylation is 1. The molecule has 1 aliphatic heterocycles. The highest BCUT2D eigenvalue weighted by atomic mass is 35.5. The molecule has 0 unspecified atom stereocenters. The molecule has 0 aliphatic carbocycles. The number of aliphatic hydroxyl groups is 1. The summed E-state index contributed by atoms with van der Waals surface area (Å²) in [6, 6.07) is 8.50. The molecule has 6 nitrogen and oxygen atoms in total. The summed E-state index contributed by atoms with van der Waals surface area (Å²) in [5, 5.41) is 19.6. The van der Waals surface area contributed by atoms with Crippen LogP contribution in [-0.4, -0.2) is 16.3 Å². The highest BCUT2D eigenvalue weighted by Crippen LogP contribution is 2.43. The third-order valence-electron chi connectivity index (χ3n) is 4.29. The Morgan fingerprint density at radius 3 is 2.73 bits per heavy atom. The molecule has 3 rings (SSSR count). The zero-order valence-electron chi connectivity index (χ0n) is 13.8. The van der Waals surface area contributed by atoms with Crippen LogP contribution in [0.3, 0.4) is 0 Å². The summed E-state index contributed by atoms with van der Waals surface area (Å²) < 4.78 is 6.96. The van der Waals surface area contributed by atoms with Crippen molar-refractivity contribution in [2.75, 3.05) is 6.61 Å². The van der Waals surface area contributed by atoms with Gasteiger partial charge < -0.3 is 20.1 Å². The number of nitrogens with two attached hydrogens (primary N) is 1. The summed E-state index contributed by atoms with van der Waals surface area (Å²) in [5.74, 6) is -0.588. The number of benzene rings is 1. The second-order valence-corrected chi connectivity index (χ2v) is 6.68. The first kappa shape index (κ1) is 18.3. The predicted octanol–water partition coefficient (Wildman–Crippen LogP) is 2.67. The van der Waals surface area contributed by atoms with E-state index in [1.165, 1.54) is 4.57 Å². The van der Waals surface area contributed by atoms with E-state index in [0.29, 0.717) is 21.3 Å². The van der Waals surface area contributed by atoms with Crippen LogP contribution < -0.4 is 16.0 Å². The monoisotopic (exact) mass is 391 g/mol. The molecule has 134 valence electrons. The fourth-order valence-electron chi connectivity index (χ4n) is 3.11. The van der Waals surface area contributed by atoms with Gasteiger partial charge in [0.15, 0.2) is 0 Å². The van der Waals surface area contributed by atoms with Crippen molar-refractivity contribution in [3.63, 3.8) is 0 Å². The van der Waals surface area contributed by atoms with Crippen molar-refractivity contribution in [3.05, 3.63) is 72.9 Å². The van der Waals surface area contributed by atoms with E-state index in [1.807, 2.05) is 6.07 Å². The molecule has 0 saturated heterocycles. The van der Waals surface area contributed by atoms with Gasteiger partial charge in [-0.1, -0.05) is 29.3 Å². The fraction of sp³-hybridized carbons (Fsp3) is 0.222. The normalized spacial score (nSPS) is 16.0. The molecule has 3 N–H and O–H groups in total. The van der Waals surface area contributed by atoms with Gasteiger partial charge in [0, 0.05) is 28.4 Å². The molecule has 2 heterocycles. The van der Waals surface area contributed by atoms with Crippen molar-refractivity contribution >= 4 is 23.2 Å². The van der Waals surface area contributed by atoms with E-state index in [2.05, 4.69) is 0 Å². The van der Waals surface area contributed by atoms with Gasteiger partial charge in [-0.25, -0.2) is 0 Å². The summed E-state index contributed by atoms with van der Waals surface area (Å²) in [6.45, 7) is 1.65. The average molecular weight is 392 g/mol. The van der Waals surface area contributed by atoms with Crippen LogP contribution in [0.4, 0.5) is 0 Å². The van der Waals surface area contributed by atoms with Gasteiger partial charge in [0.2, 0.25) is 5.88 Å². The number of halogens is 2. The van der Waals surface area contributed by atoms with Crippen LogP contribution in [0.2, 0.25) is 10.0 Å². The summed E-state index contributed by atoms with van der Waals surface area (Å²) in [5.41, 5.74) is 7.03. The number of nitriles is 1. The second kappa shape index (κ2) is 7.04. The van der Waals surface area contributed by atoms with E-state index < -0.39 is 5.92 Å². The Bertz CT molecular complexity index is 1020. The zero-order chi connectivity index (χ0) is 19.0. The summed E-state index contributed by atoms with van der Waals surface area (Å²) in [6.07, 6.45) is 0. The maximum Gasteiger partial charge on any atom is 0.258 e. The molecule has 1 aromatic carbocycles. The Kier molecular flexibility index (Phi) is 4.97. The summed E-state index contributed by atoms with van der Waals surface area (Å²) in [4.78, 5) is 13.1. The molecule has 1 atom stereocenters. The maximum absolute atomic E-state index is 13.1. The maximum atomic E-state index is 13.1. The van der Waals surface area contributed by atoms with Crippen LogP contribution in [0, 0.1) is 18.3 Å². The smallest absolute Gasteiger partial charge is 0.258 e. The minimum Gasteiger partial charge on any atom is -0.440 e. The molecule has 0 amide bonds. The Labute approximate surface area is 159 Å². The third kappa shape index (κ3) is 2.95. The standard InChI is InChI=1S/C18H15Cl2N3O3/c1-9-6-14-16(18(25)23(9)4-5-24)15(12(8-21)17(22)26-14)11-3-2-10(19)7-13(11)20/h2-3,6-7,15,24H,4-5,22H2,1H3/t15-/m0/s1. The Morgan fingerprint density at radius 1 is 1.38 bits per heavy atom. The van der Waals surface area contributed by atoms with Crippen LogP contribution in [0.1, 0.15) is 22.7 Å². The highest BCUT2D eigenvalue weighted by molar-refractivity contribution is 6.35. The van der Waals surface area contributed by atoms with Gasteiger partial charge in [-0.3, -0.25) is 4.79 Å². The van der Waals surface area contributed by atoms with Crippen molar-refractivity contribution in [2.24, 2.45) is 5.73 Å². The van der Waals surface area contributed by atoms with Crippen LogP contribution >= 0.6 is 23.2 Å². The lowest BCUT2D eigenvalue weighted by molar-refractivity contribution is 0.272. The molecular formula is C18H15Cl2N3O3. The lowest BCUT2D eigenvalue weighted by Gasteiger charge is -2.27. The Balaban J connectivity index is 2.35. The number of pyridine rings is 1. The topological polar surface area (TPSA) is 101 Å². The van der Waals surface area contributed by atoms with E-state index >= 15 is 0 Å². The minimum absolute atomic E-state index is 0.0743. The van der Waals surface area contributed by atoms with Gasteiger partial charge in [0.1, 0.15) is 17.4 Å². The lowest BCUT2D eigenvalue weighted by Crippen LogP contribution is -2.33. The van der Waals surface area contributed by atoms with Crippen molar-refractivity contribution in [3.8, 4) is 11.8 Å². The second-order valence-electron chi connectivity index (χ2n) is 5.83. The first-order chi connectivity index (χ1) is 12.4. The molecule has 1 aromatic heterocycles. The number of allylic oxidation sites excluding steroid dienone is 1. The number of fused-ring (bicyclic) bond motifs is 1. The van der Waals surface area contributed by atoms with Crippen LogP contribution in [0.15, 0.2) is 40.5 Å². The molecule has 8 heteroatoms. The molecular weight excluding hydrogens is 377 g/mol. The minimum atomic E-state index is -0.786. The first-order valence-electron chi connectivity index (χ1n) is 7.76. The van der Waals surface area contributed by atoms with Gasteiger partial charge in [-0.15, -0.1) is 0 Å². The van der Waals surface area contributed by atoms with Crippen LogP contribution in [0.25, 0.3) is 0 Å². The third-order valence-corrected chi connectivity index (χ3v) is 4.85. The van der Waals surface area contributed by atoms with E-state index in [4.69, 9.17) is 33.7 Å². The van der Waals surface area contributed by atoms with E-state index in [9.17, 15) is 15.2 Å². The molecule has 26 heavy (non-hydrogen) atoms. The molecule has 0 spiro atoms. The first-order valence-corrected chi connectivity index (χ1v) is 8.52. The summed E-state index contributed by atoms with van der Waals surface area (Å²) >= 11 is 12.3. The van der Waals surface area contributed by atoms with Crippen molar-refractivity contribution in [1.29, 1.82) is 5.26 Å². The summed E-state index contributed by atoms with van der Waals surface area (Å²) in [7, 11) is 0. The number of aliphatic hydroxyl groups excluding tert-OH is 1. The number of ether oxygens (including phenoxy) is 1. The lowest BCUT2D eigenvalue weighted by atomic mass is 9.84. The Hall–Kier alpha value is -2.46. The van der Waals surface area contributed by atoms with E-state index in [-0.39, 0.29) is 41.5 Å². The van der Waals surface area contributed by atoms with Gasteiger partial charge in [0.25, 0.3) is 5.56 Å². The van der Waals surface area contributed by atoms with E-state index in [0.717, 1.165) is 0 Å². The number of hydrogen-bond acceptors (Lipinski definition) is 5. The predicted molar refractivity (Wildman–Crippen MR) is 98.3 cm³/mol. The van der Waals surface area contributed by atoms with Crippen LogP contribution in [-0.2, 0) is 6.54 Å². The molecule has 0 bridgehead atoms. The number of aromatic nitrogens is 1. The fourth-order valence-corrected chi connectivity index (χ4v) is 3.63. The van der Waals surface area contributed by atoms with Gasteiger partial charge in [-0.2, -0.15) is 5.26 Å². The SMILES string of the molecule is Cc1cc2c(c(=O)n1CCO)[C@@H](c1ccc(Cl)cc1Cl)C(C#N)=C(N)O2. The largest absolute Gasteiger partial charge is 0.440 e. The average Bonchev–Trinajstić information content (AvgIpc) is 2.57. The molecule has 1 aliphatic rings. The quantitative estimate of drug-likeness (QED) is 0.837. The molecule has 0 radical (unpaired) electrons. The highest BCUT2D eigenvalue weighted by Gasteiger charge is 2.35. The van der Waals surface area contributed by atoms with Gasteiger partial charge >= 0.3 is 0 Å². The molecule has 2 aromatic rings. The van der Waals surface area contributed by atoms with Crippen molar-refractivity contribution < 1.29 is 9.84 Å². The van der Waals surface area contributed by atoms with Gasteiger partial charge in [-0.05, 0) is 24.6 Å². The number of nitrogens with zero attached hydrogens (tertiary/aromatic N) is 2. The number of hydrogen-bond donors (Lipinski definition) is 2. The van der Waals surface area contributed by atoms with Gasteiger partial charge in [0.05, 0.1) is 18.1 Å². The molecule has 0 saturated carbocycles. The van der Waals surface area contributed by atoms with Crippen LogP contribution in [0.5, 0.6) is 5.75 Å². The zero-order valence-corrected chi connectivity index (χ0v) is 15.3. The Morgan fingerprint density at radius 2 is 2.12 bits per heavy atom. The number of rotatable bonds is 3. The van der Waals surface area contributed by atoms with Crippen molar-refractivity contribution in [1.82, 2.24) is 4.57 Å². The van der Waals surface area contributed by atoms with E-state index in [1.54, 1.807) is 31.2 Å². The van der Waals surface area contributed by atoms with Crippen molar-refractivity contribution in [2.45, 2.75) is 19.4 Å². The molecule has 0 fully saturated rings.